The lowest BCUT2D eigenvalue weighted by molar-refractivity contribution is -0.129. The number of hydrogen-bond donors (Lipinski definition) is 2. The first-order valence-electron chi connectivity index (χ1n) is 17.0. The van der Waals surface area contributed by atoms with Crippen LogP contribution < -0.4 is 15.4 Å². The van der Waals surface area contributed by atoms with E-state index in [0.29, 0.717) is 35.2 Å². The molecule has 2 N–H and O–H groups in total. The summed E-state index contributed by atoms with van der Waals surface area (Å²) in [5.41, 5.74) is 3.90. The minimum absolute atomic E-state index is 0.00129. The molecule has 2 aromatic heterocycles. The van der Waals surface area contributed by atoms with Crippen molar-refractivity contribution in [3.63, 3.8) is 0 Å². The predicted octanol–water partition coefficient (Wildman–Crippen LogP) is 6.80. The molecule has 6 rings (SSSR count). The zero-order valence-electron chi connectivity index (χ0n) is 29.4. The van der Waals surface area contributed by atoms with Gasteiger partial charge in [0.15, 0.2) is 0 Å². The fraction of sp³-hybridized carbons (Fsp3) is 0.333. The number of ether oxygens (including phenoxy) is 2. The maximum absolute atomic E-state index is 13.5. The monoisotopic (exact) mass is 675 g/mol. The Morgan fingerprint density at radius 1 is 0.940 bits per heavy atom. The zero-order valence-corrected chi connectivity index (χ0v) is 29.4. The maximum atomic E-state index is 13.5. The topological polar surface area (TPSA) is 114 Å². The van der Waals surface area contributed by atoms with E-state index in [1.165, 1.54) is 0 Å². The van der Waals surface area contributed by atoms with Crippen LogP contribution in [0, 0.1) is 6.92 Å². The quantitative estimate of drug-likeness (QED) is 0.168. The van der Waals surface area contributed by atoms with Crippen molar-refractivity contribution in [2.75, 3.05) is 57.1 Å². The molecule has 1 fully saturated rings. The third-order valence-corrected chi connectivity index (χ3v) is 8.76. The lowest BCUT2D eigenvalue weighted by Crippen LogP contribution is -2.42. The average molecular weight is 676 g/mol. The molecular formula is C39H45N7O4. The number of benzene rings is 3. The molecule has 0 radical (unpaired) electrons. The normalized spacial score (nSPS) is 13.6. The predicted molar refractivity (Wildman–Crippen MR) is 197 cm³/mol. The van der Waals surface area contributed by atoms with Crippen molar-refractivity contribution in [2.45, 2.75) is 39.5 Å². The van der Waals surface area contributed by atoms with Gasteiger partial charge in [-0.15, -0.1) is 0 Å². The zero-order chi connectivity index (χ0) is 35.3. The minimum atomic E-state index is -0.393. The maximum Gasteiger partial charge on any atom is 0.324 e. The third kappa shape index (κ3) is 8.47. The van der Waals surface area contributed by atoms with Crippen LogP contribution in [0.1, 0.15) is 37.7 Å². The molecule has 1 aliphatic rings. The van der Waals surface area contributed by atoms with Gasteiger partial charge in [0.1, 0.15) is 17.3 Å². The summed E-state index contributed by atoms with van der Waals surface area (Å²) in [6.07, 6.45) is 1.83. The average Bonchev–Trinajstić information content (AvgIpc) is 3.53. The Balaban J connectivity index is 1.15. The van der Waals surface area contributed by atoms with E-state index < -0.39 is 6.03 Å². The first-order valence-corrected chi connectivity index (χ1v) is 17.0. The molecule has 0 aliphatic carbocycles. The van der Waals surface area contributed by atoms with Crippen LogP contribution in [0.15, 0.2) is 85.1 Å². The highest BCUT2D eigenvalue weighted by molar-refractivity contribution is 6.07. The highest BCUT2D eigenvalue weighted by atomic mass is 16.5. The van der Waals surface area contributed by atoms with E-state index in [4.69, 9.17) is 14.6 Å². The van der Waals surface area contributed by atoms with E-state index in [9.17, 15) is 9.59 Å². The highest BCUT2D eigenvalue weighted by Crippen LogP contribution is 2.35. The number of anilines is 2. The van der Waals surface area contributed by atoms with Gasteiger partial charge in [0.05, 0.1) is 42.4 Å². The standard InChI is InChI=1S/C39H45N7O4/c1-27-10-12-29(13-11-27)46-36(26-35(43-46)39(2,3)4)42-38(48)41-33-14-15-34(32-9-7-6-8-31(32)33)50-30-16-17-40-28(24-30)25-37(47)44(5)18-19-45-20-22-49-23-21-45/h6-17,24,26H,18-23,25H2,1-5H3,(H2,41,42,48). The van der Waals surface area contributed by atoms with Gasteiger partial charge >= 0.3 is 6.03 Å². The van der Waals surface area contributed by atoms with Crippen LogP contribution in [-0.4, -0.2) is 82.9 Å². The van der Waals surface area contributed by atoms with Gasteiger partial charge in [-0.05, 0) is 37.3 Å². The van der Waals surface area contributed by atoms with E-state index >= 15 is 0 Å². The van der Waals surface area contributed by atoms with Gasteiger partial charge in [0.2, 0.25) is 5.91 Å². The van der Waals surface area contributed by atoms with Crippen LogP contribution >= 0.6 is 0 Å². The number of amides is 3. The van der Waals surface area contributed by atoms with Crippen LogP contribution in [0.3, 0.4) is 0 Å². The Bertz CT molecular complexity index is 1960. The Morgan fingerprint density at radius 2 is 1.68 bits per heavy atom. The first-order chi connectivity index (χ1) is 24.0. The SMILES string of the molecule is Cc1ccc(-n2nc(C(C)(C)C)cc2NC(=O)Nc2ccc(Oc3ccnc(CC(=O)N(C)CCN4CCOCC4)c3)c3ccccc23)cc1. The second-order valence-corrected chi connectivity index (χ2v) is 13.7. The van der Waals surface area contributed by atoms with Gasteiger partial charge in [-0.3, -0.25) is 20.0 Å². The Labute approximate surface area is 293 Å². The molecule has 1 aliphatic heterocycles. The molecule has 1 saturated heterocycles. The molecule has 11 nitrogen and oxygen atoms in total. The number of rotatable bonds is 10. The molecular weight excluding hydrogens is 630 g/mol. The second kappa shape index (κ2) is 15.1. The number of aromatic nitrogens is 3. The van der Waals surface area contributed by atoms with Crippen LogP contribution in [0.4, 0.5) is 16.3 Å². The summed E-state index contributed by atoms with van der Waals surface area (Å²) in [6.45, 7) is 13.0. The number of nitrogens with one attached hydrogen (secondary N) is 2. The third-order valence-electron chi connectivity index (χ3n) is 8.76. The molecule has 3 amide bonds. The molecule has 0 spiro atoms. The Hall–Kier alpha value is -5.26. The van der Waals surface area contributed by atoms with E-state index in [0.717, 1.165) is 60.6 Å². The van der Waals surface area contributed by atoms with Crippen LogP contribution in [0.25, 0.3) is 16.5 Å². The van der Waals surface area contributed by atoms with Gasteiger partial charge in [-0.1, -0.05) is 62.7 Å². The number of likely N-dealkylation sites (N-methyl/N-ethyl adjacent to an activating group) is 1. The van der Waals surface area contributed by atoms with Gasteiger partial charge < -0.3 is 19.7 Å². The minimum Gasteiger partial charge on any atom is -0.457 e. The van der Waals surface area contributed by atoms with Crippen molar-refractivity contribution in [2.24, 2.45) is 0 Å². The number of aryl methyl sites for hydroxylation is 1. The lowest BCUT2D eigenvalue weighted by atomic mass is 9.92. The molecule has 11 heteroatoms. The summed E-state index contributed by atoms with van der Waals surface area (Å²) in [4.78, 5) is 34.9. The number of nitrogens with zero attached hydrogens (tertiary/aromatic N) is 5. The number of carbonyl (C=O) groups excluding carboxylic acids is 2. The second-order valence-electron chi connectivity index (χ2n) is 13.7. The van der Waals surface area contributed by atoms with Crippen molar-refractivity contribution >= 4 is 34.2 Å². The molecule has 0 saturated carbocycles. The van der Waals surface area contributed by atoms with Crippen molar-refractivity contribution < 1.29 is 19.1 Å². The largest absolute Gasteiger partial charge is 0.457 e. The summed E-state index contributed by atoms with van der Waals surface area (Å²) in [7, 11) is 1.83. The summed E-state index contributed by atoms with van der Waals surface area (Å²) in [6, 6.07) is 24.5. The molecule has 260 valence electrons. The number of morpholine rings is 1. The van der Waals surface area contributed by atoms with Crippen LogP contribution in [-0.2, 0) is 21.4 Å². The number of pyridine rings is 1. The van der Waals surface area contributed by atoms with Gasteiger partial charge in [0, 0.05) is 67.7 Å². The molecule has 3 aromatic carbocycles. The van der Waals surface area contributed by atoms with Crippen LogP contribution in [0.2, 0.25) is 0 Å². The van der Waals surface area contributed by atoms with Crippen molar-refractivity contribution in [3.05, 3.63) is 102 Å². The smallest absolute Gasteiger partial charge is 0.324 e. The van der Waals surface area contributed by atoms with E-state index in [1.807, 2.05) is 80.7 Å². The lowest BCUT2D eigenvalue weighted by Gasteiger charge is -2.28. The van der Waals surface area contributed by atoms with Crippen molar-refractivity contribution in [1.82, 2.24) is 24.6 Å². The fourth-order valence-electron chi connectivity index (χ4n) is 5.73. The Kier molecular flexibility index (Phi) is 10.4. The van der Waals surface area contributed by atoms with E-state index in [1.54, 1.807) is 27.9 Å². The molecule has 0 bridgehead atoms. The molecule has 50 heavy (non-hydrogen) atoms. The summed E-state index contributed by atoms with van der Waals surface area (Å²) < 4.78 is 13.5. The van der Waals surface area contributed by atoms with Gasteiger partial charge in [-0.25, -0.2) is 9.48 Å². The summed E-state index contributed by atoms with van der Waals surface area (Å²) >= 11 is 0. The molecule has 5 aromatic rings. The fourth-order valence-corrected chi connectivity index (χ4v) is 5.73. The molecule has 3 heterocycles. The first kappa shape index (κ1) is 34.6. The van der Waals surface area contributed by atoms with Crippen molar-refractivity contribution in [1.29, 1.82) is 0 Å². The van der Waals surface area contributed by atoms with Gasteiger partial charge in [-0.2, -0.15) is 5.10 Å². The molecule has 0 atom stereocenters. The summed E-state index contributed by atoms with van der Waals surface area (Å²) in [5.74, 6) is 1.75. The van der Waals surface area contributed by atoms with E-state index in [-0.39, 0.29) is 17.7 Å². The number of fused-ring (bicyclic) bond motifs is 1. The van der Waals surface area contributed by atoms with E-state index in [2.05, 4.69) is 41.3 Å². The number of urea groups is 1. The molecule has 0 unspecified atom stereocenters. The number of hydrogen-bond acceptors (Lipinski definition) is 7. The highest BCUT2D eigenvalue weighted by Gasteiger charge is 2.22. The van der Waals surface area contributed by atoms with Crippen molar-refractivity contribution in [3.8, 4) is 17.2 Å². The summed E-state index contributed by atoms with van der Waals surface area (Å²) in [5, 5.41) is 12.5. The Morgan fingerprint density at radius 3 is 2.42 bits per heavy atom. The number of carbonyl (C=O) groups is 2. The van der Waals surface area contributed by atoms with Gasteiger partial charge in [0.25, 0.3) is 0 Å². The van der Waals surface area contributed by atoms with Crippen LogP contribution in [0.5, 0.6) is 11.5 Å².